The number of carbonyl (C=O) groups is 2. The Labute approximate surface area is 173 Å². The molecule has 2 aromatic rings. The number of amides is 1. The highest BCUT2D eigenvalue weighted by Crippen LogP contribution is 2.33. The molecular weight excluding hydrogens is 390 g/mol. The summed E-state index contributed by atoms with van der Waals surface area (Å²) in [5, 5.41) is 3.63. The molecule has 29 heavy (non-hydrogen) atoms. The number of hydrogen-bond acceptors (Lipinski definition) is 6. The first-order valence-electron chi connectivity index (χ1n) is 10.5. The van der Waals surface area contributed by atoms with E-state index in [1.165, 1.54) is 15.8 Å². The molecule has 2 heterocycles. The fourth-order valence-electron chi connectivity index (χ4n) is 4.52. The Bertz CT molecular complexity index is 988. The van der Waals surface area contributed by atoms with Crippen LogP contribution in [-0.4, -0.2) is 33.6 Å². The average molecular weight is 418 g/mol. The molecule has 0 saturated heterocycles. The maximum Gasteiger partial charge on any atom is 0.331 e. The topological polar surface area (TPSA) is 90.3 Å². The van der Waals surface area contributed by atoms with Gasteiger partial charge < -0.3 is 10.1 Å². The van der Waals surface area contributed by atoms with Gasteiger partial charge in [0.1, 0.15) is 10.4 Å². The summed E-state index contributed by atoms with van der Waals surface area (Å²) in [5.41, 5.74) is 0.176. The number of rotatable bonds is 6. The lowest BCUT2D eigenvalue weighted by molar-refractivity contribution is -0.153. The normalized spacial score (nSPS) is 17.8. The molecule has 7 nitrogen and oxygen atoms in total. The van der Waals surface area contributed by atoms with Crippen LogP contribution in [0.4, 0.5) is 0 Å². The SMILES string of the molecule is CCOC(=O)C1(NC(=O)CCn2cnc3sc4c(c3c2=O)CCCC4)CCCC1. The fraction of sp³-hybridized carbons (Fsp3) is 0.619. The molecule has 156 valence electrons. The van der Waals surface area contributed by atoms with Crippen molar-refractivity contribution < 1.29 is 14.3 Å². The molecule has 1 fully saturated rings. The zero-order valence-electron chi connectivity index (χ0n) is 16.8. The molecule has 2 aliphatic carbocycles. The molecule has 2 aliphatic rings. The lowest BCUT2D eigenvalue weighted by atomic mass is 9.97. The Hall–Kier alpha value is -2.22. The smallest absolute Gasteiger partial charge is 0.331 e. The summed E-state index contributed by atoms with van der Waals surface area (Å²) >= 11 is 1.62. The van der Waals surface area contributed by atoms with Gasteiger partial charge in [0.05, 0.1) is 18.3 Å². The molecule has 0 spiro atoms. The third kappa shape index (κ3) is 3.82. The number of ether oxygens (including phenoxy) is 1. The van der Waals surface area contributed by atoms with Gasteiger partial charge in [-0.25, -0.2) is 9.78 Å². The summed E-state index contributed by atoms with van der Waals surface area (Å²) in [6.07, 6.45) is 8.87. The number of aromatic nitrogens is 2. The summed E-state index contributed by atoms with van der Waals surface area (Å²) in [4.78, 5) is 44.5. The molecule has 1 saturated carbocycles. The van der Waals surface area contributed by atoms with E-state index in [2.05, 4.69) is 10.3 Å². The van der Waals surface area contributed by atoms with Crippen molar-refractivity contribution in [2.24, 2.45) is 0 Å². The molecule has 0 radical (unpaired) electrons. The lowest BCUT2D eigenvalue weighted by Crippen LogP contribution is -2.53. The maximum atomic E-state index is 13.0. The summed E-state index contributed by atoms with van der Waals surface area (Å²) in [5.74, 6) is -0.588. The molecule has 2 aromatic heterocycles. The number of aryl methyl sites for hydroxylation is 3. The number of fused-ring (bicyclic) bond motifs is 3. The minimum absolute atomic E-state index is 0.0665. The molecule has 4 rings (SSSR count). The molecule has 0 unspecified atom stereocenters. The van der Waals surface area contributed by atoms with Crippen LogP contribution in [0.25, 0.3) is 10.2 Å². The van der Waals surface area contributed by atoms with Gasteiger partial charge in [0, 0.05) is 17.8 Å². The van der Waals surface area contributed by atoms with E-state index < -0.39 is 5.54 Å². The van der Waals surface area contributed by atoms with Crippen LogP contribution in [0, 0.1) is 0 Å². The van der Waals surface area contributed by atoms with Crippen molar-refractivity contribution in [2.45, 2.75) is 76.8 Å². The van der Waals surface area contributed by atoms with E-state index in [4.69, 9.17) is 4.74 Å². The van der Waals surface area contributed by atoms with Gasteiger partial charge in [0.2, 0.25) is 5.91 Å². The first-order chi connectivity index (χ1) is 14.0. The Kier molecular flexibility index (Phi) is 5.72. The second kappa shape index (κ2) is 8.26. The van der Waals surface area contributed by atoms with E-state index in [0.29, 0.717) is 19.4 Å². The number of esters is 1. The molecule has 8 heteroatoms. The average Bonchev–Trinajstić information content (AvgIpc) is 3.33. The molecule has 1 N–H and O–H groups in total. The van der Waals surface area contributed by atoms with Gasteiger partial charge in [-0.2, -0.15) is 0 Å². The first kappa shape index (κ1) is 20.1. The van der Waals surface area contributed by atoms with Crippen LogP contribution in [0.1, 0.15) is 62.3 Å². The predicted octanol–water partition coefficient (Wildman–Crippen LogP) is 2.72. The minimum Gasteiger partial charge on any atom is -0.464 e. The summed E-state index contributed by atoms with van der Waals surface area (Å²) in [7, 11) is 0. The minimum atomic E-state index is -0.910. The molecule has 0 atom stereocenters. The van der Waals surface area contributed by atoms with E-state index >= 15 is 0 Å². The summed E-state index contributed by atoms with van der Waals surface area (Å²) in [6.45, 7) is 2.31. The monoisotopic (exact) mass is 417 g/mol. The molecular formula is C21H27N3O4S. The molecule has 1 amide bonds. The van der Waals surface area contributed by atoms with E-state index in [1.54, 1.807) is 18.3 Å². The van der Waals surface area contributed by atoms with Crippen LogP contribution in [0.3, 0.4) is 0 Å². The standard InChI is InChI=1S/C21H27N3O4S/c1-2-28-20(27)21(10-5-6-11-21)23-16(25)9-12-24-13-22-18-17(19(24)26)14-7-3-4-8-15(14)29-18/h13H,2-12H2,1H3,(H,23,25). The fourth-order valence-corrected chi connectivity index (χ4v) is 5.74. The van der Waals surface area contributed by atoms with Crippen LogP contribution in [-0.2, 0) is 33.7 Å². The predicted molar refractivity (Wildman–Crippen MR) is 111 cm³/mol. The van der Waals surface area contributed by atoms with Crippen molar-refractivity contribution in [3.63, 3.8) is 0 Å². The quantitative estimate of drug-likeness (QED) is 0.730. The van der Waals surface area contributed by atoms with Crippen molar-refractivity contribution in [2.75, 3.05) is 6.61 Å². The second-order valence-corrected chi connectivity index (χ2v) is 9.03. The van der Waals surface area contributed by atoms with Gasteiger partial charge in [-0.3, -0.25) is 14.2 Å². The molecule has 0 aromatic carbocycles. The Morgan fingerprint density at radius 3 is 2.76 bits per heavy atom. The van der Waals surface area contributed by atoms with Crippen LogP contribution in [0.2, 0.25) is 0 Å². The number of carbonyl (C=O) groups excluding carboxylic acids is 2. The van der Waals surface area contributed by atoms with E-state index in [9.17, 15) is 14.4 Å². The van der Waals surface area contributed by atoms with Gasteiger partial charge in [0.25, 0.3) is 5.56 Å². The number of nitrogens with one attached hydrogen (secondary N) is 1. The van der Waals surface area contributed by atoms with Gasteiger partial charge in [0.15, 0.2) is 0 Å². The highest BCUT2D eigenvalue weighted by atomic mass is 32.1. The van der Waals surface area contributed by atoms with E-state index in [1.807, 2.05) is 0 Å². The number of nitrogens with zero attached hydrogens (tertiary/aromatic N) is 2. The van der Waals surface area contributed by atoms with E-state index in [-0.39, 0.29) is 30.4 Å². The lowest BCUT2D eigenvalue weighted by Gasteiger charge is -2.27. The van der Waals surface area contributed by atoms with Crippen molar-refractivity contribution in [1.82, 2.24) is 14.9 Å². The Balaban J connectivity index is 1.48. The van der Waals surface area contributed by atoms with Crippen molar-refractivity contribution >= 4 is 33.4 Å². The number of thiophene rings is 1. The highest BCUT2D eigenvalue weighted by molar-refractivity contribution is 7.18. The Morgan fingerprint density at radius 1 is 1.24 bits per heavy atom. The second-order valence-electron chi connectivity index (χ2n) is 7.94. The zero-order valence-corrected chi connectivity index (χ0v) is 17.6. The number of hydrogen-bond donors (Lipinski definition) is 1. The van der Waals surface area contributed by atoms with Crippen LogP contribution in [0.5, 0.6) is 0 Å². The summed E-state index contributed by atoms with van der Waals surface area (Å²) < 4.78 is 6.71. The van der Waals surface area contributed by atoms with Crippen molar-refractivity contribution in [3.8, 4) is 0 Å². The van der Waals surface area contributed by atoms with E-state index in [0.717, 1.165) is 54.3 Å². The van der Waals surface area contributed by atoms with Gasteiger partial charge in [-0.15, -0.1) is 11.3 Å². The van der Waals surface area contributed by atoms with Crippen LogP contribution >= 0.6 is 11.3 Å². The third-order valence-corrected chi connectivity index (χ3v) is 7.22. The third-order valence-electron chi connectivity index (χ3n) is 6.02. The van der Waals surface area contributed by atoms with Crippen molar-refractivity contribution in [1.29, 1.82) is 0 Å². The first-order valence-corrected chi connectivity index (χ1v) is 11.3. The Morgan fingerprint density at radius 2 is 2.00 bits per heavy atom. The van der Waals surface area contributed by atoms with Crippen LogP contribution in [0.15, 0.2) is 11.1 Å². The molecule has 0 bridgehead atoms. The largest absolute Gasteiger partial charge is 0.464 e. The zero-order chi connectivity index (χ0) is 20.4. The molecule has 0 aliphatic heterocycles. The summed E-state index contributed by atoms with van der Waals surface area (Å²) in [6, 6.07) is 0. The van der Waals surface area contributed by atoms with Crippen molar-refractivity contribution in [3.05, 3.63) is 27.1 Å². The van der Waals surface area contributed by atoms with Gasteiger partial charge in [-0.1, -0.05) is 12.8 Å². The van der Waals surface area contributed by atoms with Crippen LogP contribution < -0.4 is 10.9 Å². The maximum absolute atomic E-state index is 13.0. The van der Waals surface area contributed by atoms with Gasteiger partial charge >= 0.3 is 5.97 Å². The highest BCUT2D eigenvalue weighted by Gasteiger charge is 2.43. The van der Waals surface area contributed by atoms with Gasteiger partial charge in [-0.05, 0) is 51.0 Å².